The van der Waals surface area contributed by atoms with Crippen molar-refractivity contribution in [1.82, 2.24) is 15.5 Å². The number of urea groups is 1. The number of nitrogens with zero attached hydrogens (tertiary/aromatic N) is 1. The Morgan fingerprint density at radius 2 is 1.96 bits per heavy atom. The van der Waals surface area contributed by atoms with Gasteiger partial charge in [-0.3, -0.25) is 14.9 Å². The molecule has 0 radical (unpaired) electrons. The first-order valence-corrected chi connectivity index (χ1v) is 9.76. The number of nitrogens with one attached hydrogen (secondary N) is 2. The fraction of sp³-hybridized carbons (Fsp3) is 0.444. The lowest BCUT2D eigenvalue weighted by molar-refractivity contribution is -0.138. The molecule has 9 nitrogen and oxygen atoms in total. The summed E-state index contributed by atoms with van der Waals surface area (Å²) >= 11 is 1.25. The van der Waals surface area contributed by atoms with Gasteiger partial charge in [0.05, 0.1) is 18.8 Å². The van der Waals surface area contributed by atoms with Crippen molar-refractivity contribution in [3.63, 3.8) is 0 Å². The van der Waals surface area contributed by atoms with E-state index < -0.39 is 23.4 Å². The largest absolute Gasteiger partial charge is 0.452 e. The summed E-state index contributed by atoms with van der Waals surface area (Å²) < 4.78 is 10.4. The quantitative estimate of drug-likeness (QED) is 0.398. The van der Waals surface area contributed by atoms with Gasteiger partial charge in [0.2, 0.25) is 0 Å². The molecule has 2 heterocycles. The Bertz CT molecular complexity index is 795. The summed E-state index contributed by atoms with van der Waals surface area (Å²) in [4.78, 5) is 50.1. The van der Waals surface area contributed by atoms with Crippen molar-refractivity contribution in [3.05, 3.63) is 29.8 Å². The van der Waals surface area contributed by atoms with Crippen LogP contribution in [0.2, 0.25) is 0 Å². The molecule has 2 aliphatic rings. The molecule has 1 atom stereocenters. The van der Waals surface area contributed by atoms with E-state index in [0.717, 1.165) is 0 Å². The normalized spacial score (nSPS) is 21.8. The van der Waals surface area contributed by atoms with Gasteiger partial charge in [-0.25, -0.2) is 9.59 Å². The van der Waals surface area contributed by atoms with Crippen LogP contribution in [0.25, 0.3) is 0 Å². The highest BCUT2D eigenvalue weighted by atomic mass is 32.2. The molecule has 0 saturated carbocycles. The number of hydrogen-bond acceptors (Lipinski definition) is 7. The number of imide groups is 1. The summed E-state index contributed by atoms with van der Waals surface area (Å²) in [6.45, 7) is 3.19. The minimum Gasteiger partial charge on any atom is -0.452 e. The van der Waals surface area contributed by atoms with E-state index in [-0.39, 0.29) is 18.3 Å². The van der Waals surface area contributed by atoms with Crippen LogP contribution in [0.3, 0.4) is 0 Å². The standard InChI is InChI=1S/C18H21N3O6S/c1-18(16(24)19-17(25)20-18)11-28-13-5-3-2-4-12(13)15(23)27-10-14(22)21-6-8-26-9-7-21/h2-5H,6-11H2,1H3,(H2,19,20,24,25)/t18-/m0/s1. The SMILES string of the molecule is C[C@@]1(CSc2ccccc2C(=O)OCC(=O)N2CCOCC2)NC(=O)NC1=O. The zero-order valence-electron chi connectivity index (χ0n) is 15.4. The van der Waals surface area contributed by atoms with Crippen molar-refractivity contribution in [2.75, 3.05) is 38.7 Å². The summed E-state index contributed by atoms with van der Waals surface area (Å²) in [7, 11) is 0. The lowest BCUT2D eigenvalue weighted by Gasteiger charge is -2.26. The molecule has 28 heavy (non-hydrogen) atoms. The molecule has 2 N–H and O–H groups in total. The lowest BCUT2D eigenvalue weighted by Crippen LogP contribution is -2.46. The zero-order valence-corrected chi connectivity index (χ0v) is 16.2. The van der Waals surface area contributed by atoms with Crippen LogP contribution in [0.5, 0.6) is 0 Å². The predicted octanol–water partition coefficient (Wildman–Crippen LogP) is 0.392. The van der Waals surface area contributed by atoms with Gasteiger partial charge in [0, 0.05) is 23.7 Å². The number of ether oxygens (including phenoxy) is 2. The van der Waals surface area contributed by atoms with E-state index in [1.54, 1.807) is 36.1 Å². The van der Waals surface area contributed by atoms with Crippen molar-refractivity contribution in [2.45, 2.75) is 17.4 Å². The average Bonchev–Trinajstić information content (AvgIpc) is 2.97. The summed E-state index contributed by atoms with van der Waals surface area (Å²) in [5.74, 6) is -1.06. The first-order chi connectivity index (χ1) is 13.4. The maximum Gasteiger partial charge on any atom is 0.339 e. The van der Waals surface area contributed by atoms with Gasteiger partial charge in [-0.05, 0) is 19.1 Å². The summed E-state index contributed by atoms with van der Waals surface area (Å²) in [5, 5.41) is 4.78. The highest BCUT2D eigenvalue weighted by Gasteiger charge is 2.42. The highest BCUT2D eigenvalue weighted by molar-refractivity contribution is 7.99. The molecule has 0 spiro atoms. The van der Waals surface area contributed by atoms with E-state index >= 15 is 0 Å². The van der Waals surface area contributed by atoms with Crippen LogP contribution in [-0.2, 0) is 19.1 Å². The maximum atomic E-state index is 12.5. The van der Waals surface area contributed by atoms with E-state index in [1.807, 2.05) is 0 Å². The topological polar surface area (TPSA) is 114 Å². The van der Waals surface area contributed by atoms with E-state index in [2.05, 4.69) is 10.6 Å². The van der Waals surface area contributed by atoms with Crippen LogP contribution >= 0.6 is 11.8 Å². The summed E-state index contributed by atoms with van der Waals surface area (Å²) in [6.07, 6.45) is 0. The van der Waals surface area contributed by atoms with E-state index in [4.69, 9.17) is 9.47 Å². The Labute approximate surface area is 166 Å². The molecule has 10 heteroatoms. The van der Waals surface area contributed by atoms with Crippen molar-refractivity contribution in [1.29, 1.82) is 0 Å². The molecule has 4 amide bonds. The molecule has 1 aromatic rings. The number of carbonyl (C=O) groups is 4. The third kappa shape index (κ3) is 4.63. The van der Waals surface area contributed by atoms with Crippen molar-refractivity contribution >= 4 is 35.6 Å². The number of hydrogen-bond donors (Lipinski definition) is 2. The van der Waals surface area contributed by atoms with Crippen LogP contribution < -0.4 is 10.6 Å². The monoisotopic (exact) mass is 407 g/mol. The van der Waals surface area contributed by atoms with Gasteiger partial charge >= 0.3 is 12.0 Å². The number of amides is 4. The third-order valence-corrected chi connectivity index (χ3v) is 5.82. The zero-order chi connectivity index (χ0) is 20.1. The van der Waals surface area contributed by atoms with Gasteiger partial charge in [-0.1, -0.05) is 12.1 Å². The Morgan fingerprint density at radius 3 is 2.64 bits per heavy atom. The first-order valence-electron chi connectivity index (χ1n) is 8.77. The number of esters is 1. The number of rotatable bonds is 6. The van der Waals surface area contributed by atoms with Crippen LogP contribution in [0, 0.1) is 0 Å². The van der Waals surface area contributed by atoms with Crippen LogP contribution in [0.1, 0.15) is 17.3 Å². The second kappa shape index (κ2) is 8.61. The molecular weight excluding hydrogens is 386 g/mol. The van der Waals surface area contributed by atoms with Gasteiger partial charge in [-0.15, -0.1) is 11.8 Å². The van der Waals surface area contributed by atoms with Gasteiger partial charge in [0.15, 0.2) is 6.61 Å². The van der Waals surface area contributed by atoms with E-state index in [9.17, 15) is 19.2 Å². The second-order valence-corrected chi connectivity index (χ2v) is 7.61. The highest BCUT2D eigenvalue weighted by Crippen LogP contribution is 2.28. The smallest absolute Gasteiger partial charge is 0.339 e. The van der Waals surface area contributed by atoms with E-state index in [1.165, 1.54) is 11.8 Å². The number of carbonyl (C=O) groups excluding carboxylic acids is 4. The molecule has 0 aromatic heterocycles. The molecule has 0 bridgehead atoms. The van der Waals surface area contributed by atoms with E-state index in [0.29, 0.717) is 36.8 Å². The molecule has 2 fully saturated rings. The third-order valence-electron chi connectivity index (χ3n) is 4.43. The van der Waals surface area contributed by atoms with Crippen molar-refractivity contribution in [3.8, 4) is 0 Å². The molecule has 1 aromatic carbocycles. The number of morpholine rings is 1. The van der Waals surface area contributed by atoms with Gasteiger partial charge in [0.25, 0.3) is 11.8 Å². The fourth-order valence-corrected chi connectivity index (χ4v) is 3.90. The summed E-state index contributed by atoms with van der Waals surface area (Å²) in [6, 6.07) is 6.23. The Hall–Kier alpha value is -2.59. The maximum absolute atomic E-state index is 12.5. The molecule has 2 aliphatic heterocycles. The first kappa shape index (κ1) is 20.2. The van der Waals surface area contributed by atoms with Gasteiger partial charge in [-0.2, -0.15) is 0 Å². The van der Waals surface area contributed by atoms with Crippen LogP contribution in [0.15, 0.2) is 29.2 Å². The Morgan fingerprint density at radius 1 is 1.25 bits per heavy atom. The average molecular weight is 407 g/mol. The Kier molecular flexibility index (Phi) is 6.20. The van der Waals surface area contributed by atoms with Crippen molar-refractivity contribution in [2.24, 2.45) is 0 Å². The Balaban J connectivity index is 1.59. The van der Waals surface area contributed by atoms with Gasteiger partial charge in [0.1, 0.15) is 5.54 Å². The van der Waals surface area contributed by atoms with Crippen LogP contribution in [0.4, 0.5) is 4.79 Å². The fourth-order valence-electron chi connectivity index (χ4n) is 2.77. The van der Waals surface area contributed by atoms with Gasteiger partial charge < -0.3 is 19.7 Å². The molecule has 0 aliphatic carbocycles. The predicted molar refractivity (Wildman–Crippen MR) is 99.9 cm³/mol. The summed E-state index contributed by atoms with van der Waals surface area (Å²) in [5.41, 5.74) is -0.763. The minimum atomic E-state index is -1.06. The molecule has 0 unspecified atom stereocenters. The minimum absolute atomic E-state index is 0.238. The second-order valence-electron chi connectivity index (χ2n) is 6.59. The van der Waals surface area contributed by atoms with Crippen molar-refractivity contribution < 1.29 is 28.7 Å². The number of thioether (sulfide) groups is 1. The molecule has 150 valence electrons. The molecule has 2 saturated heterocycles. The number of benzene rings is 1. The lowest BCUT2D eigenvalue weighted by atomic mass is 10.1. The van der Waals surface area contributed by atoms with Crippen LogP contribution in [-0.4, -0.2) is 72.9 Å². The molecular formula is C18H21N3O6S. The molecule has 3 rings (SSSR count).